The third-order valence-electron chi connectivity index (χ3n) is 3.37. The summed E-state index contributed by atoms with van der Waals surface area (Å²) in [5.41, 5.74) is 0. The van der Waals surface area contributed by atoms with E-state index in [0.717, 1.165) is 32.1 Å². The zero-order valence-corrected chi connectivity index (χ0v) is 12.8. The summed E-state index contributed by atoms with van der Waals surface area (Å²) in [5.74, 6) is -1.01. The first-order valence-corrected chi connectivity index (χ1v) is 7.70. The molecule has 0 spiro atoms. The van der Waals surface area contributed by atoms with E-state index in [4.69, 9.17) is 9.84 Å². The maximum absolute atomic E-state index is 12.0. The standard InChI is InChI=1S/C15H30O5/c1-3-5-7-9-14(18)13(8-6-4-2)15(19)20-11-12(17)10-16/h12-14,16-18H,3-11H2,1-2H3. The first kappa shape index (κ1) is 19.4. The van der Waals surface area contributed by atoms with Gasteiger partial charge in [-0.05, 0) is 12.8 Å². The first-order chi connectivity index (χ1) is 9.56. The fraction of sp³-hybridized carbons (Fsp3) is 0.933. The topological polar surface area (TPSA) is 87.0 Å². The SMILES string of the molecule is CCCCCC(O)C(CCCC)C(=O)OCC(O)CO. The molecule has 0 aliphatic heterocycles. The molecule has 0 aromatic heterocycles. The maximum Gasteiger partial charge on any atom is 0.311 e. The van der Waals surface area contributed by atoms with Crippen LogP contribution in [0.4, 0.5) is 0 Å². The molecule has 0 aliphatic rings. The molecule has 0 radical (unpaired) electrons. The van der Waals surface area contributed by atoms with Gasteiger partial charge in [0.1, 0.15) is 12.7 Å². The Bertz CT molecular complexity index is 244. The van der Waals surface area contributed by atoms with E-state index < -0.39 is 30.7 Å². The average molecular weight is 290 g/mol. The average Bonchev–Trinajstić information content (AvgIpc) is 2.45. The van der Waals surface area contributed by atoms with Crippen molar-refractivity contribution in [3.8, 4) is 0 Å². The Morgan fingerprint density at radius 2 is 1.70 bits per heavy atom. The molecule has 0 fully saturated rings. The Balaban J connectivity index is 4.32. The number of carbonyl (C=O) groups excluding carboxylic acids is 1. The lowest BCUT2D eigenvalue weighted by Crippen LogP contribution is -2.32. The van der Waals surface area contributed by atoms with Crippen molar-refractivity contribution in [3.05, 3.63) is 0 Å². The largest absolute Gasteiger partial charge is 0.463 e. The summed E-state index contributed by atoms with van der Waals surface area (Å²) < 4.78 is 4.97. The van der Waals surface area contributed by atoms with Crippen LogP contribution in [0.3, 0.4) is 0 Å². The molecule has 3 atom stereocenters. The second kappa shape index (κ2) is 12.1. The summed E-state index contributed by atoms with van der Waals surface area (Å²) in [6, 6.07) is 0. The molecule has 0 amide bonds. The predicted molar refractivity (Wildman–Crippen MR) is 77.2 cm³/mol. The molecule has 0 aliphatic carbocycles. The minimum Gasteiger partial charge on any atom is -0.463 e. The van der Waals surface area contributed by atoms with Gasteiger partial charge in [-0.15, -0.1) is 0 Å². The predicted octanol–water partition coefficient (Wildman–Crippen LogP) is 1.63. The van der Waals surface area contributed by atoms with Crippen molar-refractivity contribution < 1.29 is 24.9 Å². The molecule has 0 bridgehead atoms. The highest BCUT2D eigenvalue weighted by molar-refractivity contribution is 5.73. The fourth-order valence-corrected chi connectivity index (χ4v) is 2.03. The van der Waals surface area contributed by atoms with E-state index in [2.05, 4.69) is 6.92 Å². The molecule has 3 N–H and O–H groups in total. The summed E-state index contributed by atoms with van der Waals surface area (Å²) in [6.07, 6.45) is 4.26. The van der Waals surface area contributed by atoms with Gasteiger partial charge in [-0.25, -0.2) is 0 Å². The van der Waals surface area contributed by atoms with Crippen molar-refractivity contribution in [2.24, 2.45) is 5.92 Å². The van der Waals surface area contributed by atoms with Crippen molar-refractivity contribution in [2.75, 3.05) is 13.2 Å². The van der Waals surface area contributed by atoms with Gasteiger partial charge in [0.2, 0.25) is 0 Å². The number of rotatable bonds is 12. The highest BCUT2D eigenvalue weighted by Gasteiger charge is 2.27. The number of unbranched alkanes of at least 4 members (excludes halogenated alkanes) is 3. The number of hydrogen-bond acceptors (Lipinski definition) is 5. The zero-order chi connectivity index (χ0) is 15.4. The van der Waals surface area contributed by atoms with Crippen molar-refractivity contribution in [1.82, 2.24) is 0 Å². The van der Waals surface area contributed by atoms with Crippen LogP contribution in [0.5, 0.6) is 0 Å². The molecule has 5 heteroatoms. The number of esters is 1. The Kier molecular flexibility index (Phi) is 11.7. The van der Waals surface area contributed by atoms with Gasteiger partial charge >= 0.3 is 5.97 Å². The summed E-state index contributed by atoms with van der Waals surface area (Å²) in [6.45, 7) is 3.46. The van der Waals surface area contributed by atoms with Crippen LogP contribution in [0, 0.1) is 5.92 Å². The Morgan fingerprint density at radius 1 is 1.05 bits per heavy atom. The van der Waals surface area contributed by atoms with Crippen LogP contribution in [0.25, 0.3) is 0 Å². The van der Waals surface area contributed by atoms with E-state index in [1.807, 2.05) is 6.92 Å². The van der Waals surface area contributed by atoms with Crippen LogP contribution >= 0.6 is 0 Å². The number of aliphatic hydroxyl groups excluding tert-OH is 3. The van der Waals surface area contributed by atoms with Crippen molar-refractivity contribution in [1.29, 1.82) is 0 Å². The molecule has 20 heavy (non-hydrogen) atoms. The van der Waals surface area contributed by atoms with E-state index >= 15 is 0 Å². The van der Waals surface area contributed by atoms with Crippen LogP contribution in [-0.2, 0) is 9.53 Å². The van der Waals surface area contributed by atoms with Gasteiger partial charge in [-0.3, -0.25) is 4.79 Å². The lowest BCUT2D eigenvalue weighted by Gasteiger charge is -2.22. The Labute approximate surface area is 122 Å². The van der Waals surface area contributed by atoms with E-state index in [-0.39, 0.29) is 6.61 Å². The van der Waals surface area contributed by atoms with Crippen molar-refractivity contribution >= 4 is 5.97 Å². The number of aliphatic hydroxyl groups is 3. The summed E-state index contributed by atoms with van der Waals surface area (Å²) in [4.78, 5) is 12.0. The number of carbonyl (C=O) groups is 1. The molecular formula is C15H30O5. The second-order valence-electron chi connectivity index (χ2n) is 5.28. The number of ether oxygens (including phenoxy) is 1. The van der Waals surface area contributed by atoms with Crippen molar-refractivity contribution in [2.45, 2.75) is 71.0 Å². The molecule has 120 valence electrons. The quantitative estimate of drug-likeness (QED) is 0.376. The minimum atomic E-state index is -1.05. The monoisotopic (exact) mass is 290 g/mol. The summed E-state index contributed by atoms with van der Waals surface area (Å²) in [5, 5.41) is 28.0. The molecule has 0 aromatic carbocycles. The summed E-state index contributed by atoms with van der Waals surface area (Å²) >= 11 is 0. The van der Waals surface area contributed by atoms with E-state index in [1.54, 1.807) is 0 Å². The number of hydrogen-bond donors (Lipinski definition) is 3. The molecule has 0 rings (SSSR count). The van der Waals surface area contributed by atoms with Gasteiger partial charge in [-0.1, -0.05) is 46.0 Å². The molecule has 3 unspecified atom stereocenters. The van der Waals surface area contributed by atoms with Crippen LogP contribution in [-0.4, -0.2) is 46.7 Å². The third-order valence-corrected chi connectivity index (χ3v) is 3.37. The van der Waals surface area contributed by atoms with Crippen molar-refractivity contribution in [3.63, 3.8) is 0 Å². The molecular weight excluding hydrogens is 260 g/mol. The van der Waals surface area contributed by atoms with E-state index in [9.17, 15) is 15.0 Å². The molecule has 0 saturated carbocycles. The van der Waals surface area contributed by atoms with Crippen LogP contribution in [0.2, 0.25) is 0 Å². The highest BCUT2D eigenvalue weighted by atomic mass is 16.5. The second-order valence-corrected chi connectivity index (χ2v) is 5.28. The van der Waals surface area contributed by atoms with Gasteiger partial charge < -0.3 is 20.1 Å². The lowest BCUT2D eigenvalue weighted by atomic mass is 9.92. The zero-order valence-electron chi connectivity index (χ0n) is 12.8. The van der Waals surface area contributed by atoms with Crippen LogP contribution < -0.4 is 0 Å². The maximum atomic E-state index is 12.0. The molecule has 0 aromatic rings. The minimum absolute atomic E-state index is 0.223. The van der Waals surface area contributed by atoms with E-state index in [1.165, 1.54) is 0 Å². The lowest BCUT2D eigenvalue weighted by molar-refractivity contribution is -0.156. The van der Waals surface area contributed by atoms with Gasteiger partial charge in [0, 0.05) is 0 Å². The molecule has 0 saturated heterocycles. The summed E-state index contributed by atoms with van der Waals surface area (Å²) in [7, 11) is 0. The third kappa shape index (κ3) is 8.51. The van der Waals surface area contributed by atoms with Gasteiger partial charge in [0.15, 0.2) is 0 Å². The smallest absolute Gasteiger partial charge is 0.311 e. The van der Waals surface area contributed by atoms with Gasteiger partial charge in [0.05, 0.1) is 18.6 Å². The van der Waals surface area contributed by atoms with Gasteiger partial charge in [-0.2, -0.15) is 0 Å². The first-order valence-electron chi connectivity index (χ1n) is 7.70. The van der Waals surface area contributed by atoms with Crippen LogP contribution in [0.1, 0.15) is 58.8 Å². The normalized spacial score (nSPS) is 15.7. The highest BCUT2D eigenvalue weighted by Crippen LogP contribution is 2.20. The van der Waals surface area contributed by atoms with Gasteiger partial charge in [0.25, 0.3) is 0 Å². The Hall–Kier alpha value is -0.650. The molecule has 0 heterocycles. The van der Waals surface area contributed by atoms with Crippen LogP contribution in [0.15, 0.2) is 0 Å². The van der Waals surface area contributed by atoms with E-state index in [0.29, 0.717) is 12.8 Å². The molecule has 5 nitrogen and oxygen atoms in total. The fourth-order valence-electron chi connectivity index (χ4n) is 2.03. The Morgan fingerprint density at radius 3 is 2.25 bits per heavy atom.